The maximum absolute atomic E-state index is 5.99. The molecule has 0 aromatic heterocycles. The highest BCUT2D eigenvalue weighted by atomic mass is 16.5. The molecular formula is C25H36O. The van der Waals surface area contributed by atoms with Crippen LogP contribution in [0.1, 0.15) is 84.9 Å². The normalized spacial score (nSPS) is 14.8. The van der Waals surface area contributed by atoms with E-state index < -0.39 is 0 Å². The Labute approximate surface area is 160 Å². The molecule has 0 saturated heterocycles. The number of benzene rings is 2. The molecule has 0 spiro atoms. The molecule has 1 unspecified atom stereocenters. The van der Waals surface area contributed by atoms with Crippen molar-refractivity contribution in [1.82, 2.24) is 0 Å². The third-order valence-corrected chi connectivity index (χ3v) is 5.05. The Balaban J connectivity index is 2.37. The highest BCUT2D eigenvalue weighted by molar-refractivity contribution is 5.42. The molecule has 0 aliphatic rings. The Bertz CT molecular complexity index is 696. The maximum Gasteiger partial charge on any atom is 0.120 e. The first-order valence-electron chi connectivity index (χ1n) is 9.86. The van der Waals surface area contributed by atoms with Crippen molar-refractivity contribution in [3.05, 3.63) is 65.2 Å². The van der Waals surface area contributed by atoms with Gasteiger partial charge in [-0.1, -0.05) is 77.4 Å². The van der Waals surface area contributed by atoms with E-state index in [2.05, 4.69) is 104 Å². The zero-order valence-corrected chi connectivity index (χ0v) is 17.9. The number of ether oxygens (including phenoxy) is 1. The number of hydrogen-bond acceptors (Lipinski definition) is 1. The predicted molar refractivity (Wildman–Crippen MR) is 113 cm³/mol. The lowest BCUT2D eigenvalue weighted by Gasteiger charge is -2.32. The van der Waals surface area contributed by atoms with Gasteiger partial charge in [0.15, 0.2) is 0 Å². The van der Waals surface area contributed by atoms with Gasteiger partial charge in [0, 0.05) is 5.41 Å². The molecule has 0 fully saturated rings. The highest BCUT2D eigenvalue weighted by Crippen LogP contribution is 2.38. The second-order valence-electron chi connectivity index (χ2n) is 9.65. The van der Waals surface area contributed by atoms with Crippen LogP contribution in [0.15, 0.2) is 48.5 Å². The molecule has 2 aromatic carbocycles. The Morgan fingerprint density at radius 3 is 1.46 bits per heavy atom. The van der Waals surface area contributed by atoms with Crippen LogP contribution in [0.25, 0.3) is 0 Å². The van der Waals surface area contributed by atoms with Gasteiger partial charge in [-0.3, -0.25) is 0 Å². The number of hydrogen-bond donors (Lipinski definition) is 0. The first-order chi connectivity index (χ1) is 12.0. The first-order valence-corrected chi connectivity index (χ1v) is 9.86. The topological polar surface area (TPSA) is 9.23 Å². The van der Waals surface area contributed by atoms with Crippen LogP contribution in [0.2, 0.25) is 0 Å². The molecule has 0 radical (unpaired) electrons. The van der Waals surface area contributed by atoms with Crippen molar-refractivity contribution < 1.29 is 4.74 Å². The van der Waals surface area contributed by atoms with Crippen molar-refractivity contribution in [3.63, 3.8) is 0 Å². The van der Waals surface area contributed by atoms with Gasteiger partial charge in [-0.05, 0) is 61.4 Å². The lowest BCUT2D eigenvalue weighted by Crippen LogP contribution is -2.25. The van der Waals surface area contributed by atoms with Gasteiger partial charge in [-0.2, -0.15) is 0 Å². The Hall–Kier alpha value is -1.76. The molecule has 0 aliphatic heterocycles. The summed E-state index contributed by atoms with van der Waals surface area (Å²) >= 11 is 0. The second-order valence-corrected chi connectivity index (χ2v) is 9.65. The molecular weight excluding hydrogens is 316 g/mol. The van der Waals surface area contributed by atoms with E-state index in [9.17, 15) is 0 Å². The van der Waals surface area contributed by atoms with Gasteiger partial charge >= 0.3 is 0 Å². The van der Waals surface area contributed by atoms with E-state index in [1.54, 1.807) is 0 Å². The molecule has 0 bridgehead atoms. The van der Waals surface area contributed by atoms with E-state index >= 15 is 0 Å². The summed E-state index contributed by atoms with van der Waals surface area (Å²) in [6.07, 6.45) is 2.28. The Morgan fingerprint density at radius 1 is 0.654 bits per heavy atom. The van der Waals surface area contributed by atoms with Gasteiger partial charge < -0.3 is 4.74 Å². The molecule has 2 aromatic rings. The highest BCUT2D eigenvalue weighted by Gasteiger charge is 2.28. The van der Waals surface area contributed by atoms with Crippen molar-refractivity contribution in [1.29, 1.82) is 0 Å². The molecule has 2 rings (SSSR count). The zero-order valence-electron chi connectivity index (χ0n) is 17.9. The molecule has 0 saturated carbocycles. The molecule has 142 valence electrons. The van der Waals surface area contributed by atoms with Gasteiger partial charge in [0.05, 0.1) is 0 Å². The van der Waals surface area contributed by atoms with Crippen LogP contribution in [0.3, 0.4) is 0 Å². The van der Waals surface area contributed by atoms with Crippen molar-refractivity contribution in [2.45, 2.75) is 84.7 Å². The van der Waals surface area contributed by atoms with Crippen LogP contribution in [0, 0.1) is 0 Å². The largest absolute Gasteiger partial charge is 0.488 e. The summed E-state index contributed by atoms with van der Waals surface area (Å²) < 4.78 is 5.99. The molecule has 0 amide bonds. The average molecular weight is 353 g/mol. The summed E-state index contributed by atoms with van der Waals surface area (Å²) in [6.45, 7) is 17.7. The summed E-state index contributed by atoms with van der Waals surface area (Å²) in [4.78, 5) is 0. The Morgan fingerprint density at radius 2 is 1.08 bits per heavy atom. The maximum atomic E-state index is 5.99. The average Bonchev–Trinajstić information content (AvgIpc) is 2.53. The van der Waals surface area contributed by atoms with Crippen LogP contribution < -0.4 is 4.74 Å². The fraction of sp³-hybridized carbons (Fsp3) is 0.520. The van der Waals surface area contributed by atoms with Gasteiger partial charge in [0.2, 0.25) is 0 Å². The van der Waals surface area contributed by atoms with Gasteiger partial charge in [-0.25, -0.2) is 0 Å². The molecule has 0 aliphatic carbocycles. The molecule has 0 heterocycles. The molecule has 1 nitrogen and oxygen atoms in total. The van der Waals surface area contributed by atoms with Crippen LogP contribution in [0.5, 0.6) is 5.75 Å². The Kier molecular flexibility index (Phi) is 5.90. The first kappa shape index (κ1) is 20.6. The minimum Gasteiger partial charge on any atom is -0.488 e. The van der Waals surface area contributed by atoms with Crippen molar-refractivity contribution in [2.75, 3.05) is 0 Å². The fourth-order valence-corrected chi connectivity index (χ4v) is 3.54. The fourth-order valence-electron chi connectivity index (χ4n) is 3.54. The molecule has 0 N–H and O–H groups in total. The summed E-state index contributed by atoms with van der Waals surface area (Å²) in [5.41, 5.74) is 4.16. The van der Waals surface area contributed by atoms with Crippen LogP contribution in [-0.4, -0.2) is 5.60 Å². The van der Waals surface area contributed by atoms with E-state index in [0.717, 1.165) is 18.6 Å². The van der Waals surface area contributed by atoms with Gasteiger partial charge in [-0.15, -0.1) is 0 Å². The number of rotatable bonds is 5. The molecule has 1 atom stereocenters. The van der Waals surface area contributed by atoms with Crippen molar-refractivity contribution in [3.8, 4) is 5.75 Å². The molecule has 1 heteroatoms. The van der Waals surface area contributed by atoms with E-state index in [-0.39, 0.29) is 16.4 Å². The quantitative estimate of drug-likeness (QED) is 0.550. The van der Waals surface area contributed by atoms with Crippen LogP contribution in [0.4, 0.5) is 0 Å². The third kappa shape index (κ3) is 4.90. The summed E-state index contributed by atoms with van der Waals surface area (Å²) in [5, 5.41) is 0. The zero-order chi connectivity index (χ0) is 19.6. The van der Waals surface area contributed by atoms with E-state index in [1.807, 2.05) is 0 Å². The van der Waals surface area contributed by atoms with Gasteiger partial charge in [0.25, 0.3) is 0 Å². The summed E-state index contributed by atoms with van der Waals surface area (Å²) in [5.74, 6) is 0.933. The van der Waals surface area contributed by atoms with E-state index in [0.29, 0.717) is 0 Å². The van der Waals surface area contributed by atoms with E-state index in [1.165, 1.54) is 16.7 Å². The lowest BCUT2D eigenvalue weighted by molar-refractivity contribution is 0.131. The van der Waals surface area contributed by atoms with E-state index in [4.69, 9.17) is 4.74 Å². The van der Waals surface area contributed by atoms with Crippen molar-refractivity contribution >= 4 is 0 Å². The van der Waals surface area contributed by atoms with Crippen LogP contribution in [-0.2, 0) is 10.8 Å². The lowest BCUT2D eigenvalue weighted by atomic mass is 9.72. The SMILES string of the molecule is CCCC(C)(c1ccc(OC(C)(C)C)cc1)c1ccc(C(C)(C)C)cc1. The summed E-state index contributed by atoms with van der Waals surface area (Å²) in [7, 11) is 0. The minimum atomic E-state index is -0.170. The minimum absolute atomic E-state index is 0.0193. The molecule has 26 heavy (non-hydrogen) atoms. The summed E-state index contributed by atoms with van der Waals surface area (Å²) in [6, 6.07) is 17.9. The standard InChI is InChI=1S/C25H36O/c1-9-18-25(8,20-12-10-19(11-13-20)23(2,3)4)21-14-16-22(17-15-21)26-24(5,6)7/h10-17H,9,18H2,1-8H3. The third-order valence-electron chi connectivity index (χ3n) is 5.05. The second kappa shape index (κ2) is 7.47. The van der Waals surface area contributed by atoms with Gasteiger partial charge in [0.1, 0.15) is 11.4 Å². The predicted octanol–water partition coefficient (Wildman–Crippen LogP) is 7.27. The van der Waals surface area contributed by atoms with Crippen LogP contribution >= 0.6 is 0 Å². The van der Waals surface area contributed by atoms with Crippen molar-refractivity contribution in [2.24, 2.45) is 0 Å². The smallest absolute Gasteiger partial charge is 0.120 e. The monoisotopic (exact) mass is 352 g/mol.